The van der Waals surface area contributed by atoms with Gasteiger partial charge < -0.3 is 9.52 Å². The molecule has 0 aliphatic carbocycles. The molecule has 1 fully saturated rings. The van der Waals surface area contributed by atoms with Gasteiger partial charge in [0, 0.05) is 30.3 Å². The molecule has 118 valence electrons. The fourth-order valence-corrected chi connectivity index (χ4v) is 3.54. The molecule has 0 bridgehead atoms. The molecule has 1 aliphatic heterocycles. The van der Waals surface area contributed by atoms with Gasteiger partial charge in [-0.25, -0.2) is 0 Å². The Hall–Kier alpha value is -1.07. The van der Waals surface area contributed by atoms with Crippen molar-refractivity contribution in [1.82, 2.24) is 4.90 Å². The molecule has 22 heavy (non-hydrogen) atoms. The van der Waals surface area contributed by atoms with Crippen molar-refractivity contribution in [2.45, 2.75) is 19.4 Å². The number of halogens is 2. The lowest BCUT2D eigenvalue weighted by atomic mass is 9.98. The molecule has 2 aromatic rings. The van der Waals surface area contributed by atoms with Gasteiger partial charge in [0.1, 0.15) is 0 Å². The molecule has 0 unspecified atom stereocenters. The summed E-state index contributed by atoms with van der Waals surface area (Å²) in [6.07, 6.45) is 3.54. The summed E-state index contributed by atoms with van der Waals surface area (Å²) in [5, 5.41) is 10.5. The second-order valence-electron chi connectivity index (χ2n) is 5.78. The molecule has 1 aliphatic rings. The van der Waals surface area contributed by atoms with Gasteiger partial charge in [-0.2, -0.15) is 0 Å². The average Bonchev–Trinajstić information content (AvgIpc) is 2.51. The molecule has 1 atom stereocenters. The molecule has 1 aromatic carbocycles. The largest absolute Gasteiger partial charge is 0.462 e. The van der Waals surface area contributed by atoms with Crippen LogP contribution in [-0.2, 0) is 6.54 Å². The summed E-state index contributed by atoms with van der Waals surface area (Å²) in [6, 6.07) is 3.15. The summed E-state index contributed by atoms with van der Waals surface area (Å²) in [4.78, 5) is 14.8. The van der Waals surface area contributed by atoms with E-state index in [0.29, 0.717) is 33.1 Å². The van der Waals surface area contributed by atoms with Crippen LogP contribution in [0.1, 0.15) is 18.4 Å². The van der Waals surface area contributed by atoms with Gasteiger partial charge in [0.2, 0.25) is 0 Å². The number of aliphatic hydroxyl groups excluding tert-OH is 1. The van der Waals surface area contributed by atoms with Crippen LogP contribution in [0.5, 0.6) is 0 Å². The summed E-state index contributed by atoms with van der Waals surface area (Å²) in [6.45, 7) is 2.42. The SMILES string of the molecule is O=c1c(CN2CCC[C@H](CO)C2)coc2c(Cl)cc(Cl)cc12. The van der Waals surface area contributed by atoms with Gasteiger partial charge in [0.25, 0.3) is 0 Å². The Bertz CT molecular complexity index is 744. The van der Waals surface area contributed by atoms with Gasteiger partial charge in [-0.1, -0.05) is 23.2 Å². The van der Waals surface area contributed by atoms with Crippen molar-refractivity contribution in [1.29, 1.82) is 0 Å². The van der Waals surface area contributed by atoms with E-state index in [9.17, 15) is 9.90 Å². The topological polar surface area (TPSA) is 53.7 Å². The molecule has 3 rings (SSSR count). The lowest BCUT2D eigenvalue weighted by molar-refractivity contribution is 0.115. The maximum absolute atomic E-state index is 12.6. The van der Waals surface area contributed by atoms with E-state index < -0.39 is 0 Å². The maximum atomic E-state index is 12.6. The molecule has 0 amide bonds. The van der Waals surface area contributed by atoms with Crippen LogP contribution >= 0.6 is 23.2 Å². The fraction of sp³-hybridized carbons (Fsp3) is 0.438. The predicted octanol–water partition coefficient (Wildman–Crippen LogP) is 3.30. The number of fused-ring (bicyclic) bond motifs is 1. The van der Waals surface area contributed by atoms with Gasteiger partial charge >= 0.3 is 0 Å². The second-order valence-corrected chi connectivity index (χ2v) is 6.62. The Morgan fingerprint density at radius 1 is 1.36 bits per heavy atom. The van der Waals surface area contributed by atoms with Crippen LogP contribution in [0.15, 0.2) is 27.6 Å². The van der Waals surface area contributed by atoms with Crippen LogP contribution in [0.2, 0.25) is 10.0 Å². The number of hydrogen-bond donors (Lipinski definition) is 1. The molecular weight excluding hydrogens is 325 g/mol. The van der Waals surface area contributed by atoms with Crippen molar-refractivity contribution in [3.8, 4) is 0 Å². The zero-order valence-corrected chi connectivity index (χ0v) is 13.5. The number of likely N-dealkylation sites (tertiary alicyclic amines) is 1. The number of piperidine rings is 1. The van der Waals surface area contributed by atoms with Gasteiger partial charge in [0.05, 0.1) is 16.7 Å². The van der Waals surface area contributed by atoms with Crippen LogP contribution in [0.3, 0.4) is 0 Å². The zero-order chi connectivity index (χ0) is 15.7. The van der Waals surface area contributed by atoms with Crippen LogP contribution < -0.4 is 5.43 Å². The highest BCUT2D eigenvalue weighted by Gasteiger charge is 2.21. The molecule has 1 saturated heterocycles. The molecule has 0 radical (unpaired) electrons. The standard InChI is InChI=1S/C16H17Cl2NO3/c17-12-4-13-15(21)11(9-22-16(13)14(18)5-12)7-19-3-1-2-10(6-19)8-20/h4-5,9-10,20H,1-3,6-8H2/t10-/m0/s1. The third kappa shape index (κ3) is 3.15. The first-order chi connectivity index (χ1) is 10.6. The van der Waals surface area contributed by atoms with E-state index in [-0.39, 0.29) is 18.0 Å². The van der Waals surface area contributed by atoms with Gasteiger partial charge in [0.15, 0.2) is 11.0 Å². The van der Waals surface area contributed by atoms with E-state index in [2.05, 4.69) is 4.90 Å². The smallest absolute Gasteiger partial charge is 0.197 e. The van der Waals surface area contributed by atoms with Crippen molar-refractivity contribution < 1.29 is 9.52 Å². The highest BCUT2D eigenvalue weighted by molar-refractivity contribution is 6.38. The summed E-state index contributed by atoms with van der Waals surface area (Å²) in [7, 11) is 0. The number of benzene rings is 1. The summed E-state index contributed by atoms with van der Waals surface area (Å²) in [5.41, 5.74) is 0.855. The van der Waals surface area contributed by atoms with Crippen LogP contribution in [0.25, 0.3) is 11.0 Å². The average molecular weight is 342 g/mol. The molecule has 0 spiro atoms. The molecular formula is C16H17Cl2NO3. The highest BCUT2D eigenvalue weighted by Crippen LogP contribution is 2.26. The quantitative estimate of drug-likeness (QED) is 0.930. The van der Waals surface area contributed by atoms with Gasteiger partial charge in [-0.3, -0.25) is 9.69 Å². The van der Waals surface area contributed by atoms with Crippen LogP contribution in [0, 0.1) is 5.92 Å². The number of hydrogen-bond acceptors (Lipinski definition) is 4. The Balaban J connectivity index is 1.91. The van der Waals surface area contributed by atoms with E-state index >= 15 is 0 Å². The molecule has 1 N–H and O–H groups in total. The van der Waals surface area contributed by atoms with Crippen molar-refractivity contribution in [3.63, 3.8) is 0 Å². The number of nitrogens with zero attached hydrogens (tertiary/aromatic N) is 1. The van der Waals surface area contributed by atoms with Crippen molar-refractivity contribution in [2.75, 3.05) is 19.7 Å². The highest BCUT2D eigenvalue weighted by atomic mass is 35.5. The van der Waals surface area contributed by atoms with E-state index in [1.165, 1.54) is 6.26 Å². The third-order valence-electron chi connectivity index (χ3n) is 4.12. The first-order valence-electron chi connectivity index (χ1n) is 7.31. The van der Waals surface area contributed by atoms with Gasteiger partial charge in [-0.15, -0.1) is 0 Å². The molecule has 6 heteroatoms. The van der Waals surface area contributed by atoms with E-state index in [0.717, 1.165) is 25.9 Å². The lowest BCUT2D eigenvalue weighted by Gasteiger charge is -2.31. The second kappa shape index (κ2) is 6.59. The predicted molar refractivity (Wildman–Crippen MR) is 87.6 cm³/mol. The number of aliphatic hydroxyl groups is 1. The minimum atomic E-state index is -0.100. The molecule has 0 saturated carbocycles. The van der Waals surface area contributed by atoms with E-state index in [4.69, 9.17) is 27.6 Å². The Morgan fingerprint density at radius 3 is 2.95 bits per heavy atom. The van der Waals surface area contributed by atoms with E-state index in [1.807, 2.05) is 0 Å². The Kier molecular flexibility index (Phi) is 4.73. The monoisotopic (exact) mass is 341 g/mol. The van der Waals surface area contributed by atoms with Crippen molar-refractivity contribution >= 4 is 34.2 Å². The van der Waals surface area contributed by atoms with Crippen LogP contribution in [-0.4, -0.2) is 29.7 Å². The maximum Gasteiger partial charge on any atom is 0.197 e. The number of rotatable bonds is 3. The lowest BCUT2D eigenvalue weighted by Crippen LogP contribution is -2.37. The minimum absolute atomic E-state index is 0.100. The first-order valence-corrected chi connectivity index (χ1v) is 8.06. The normalized spacial score (nSPS) is 19.7. The fourth-order valence-electron chi connectivity index (χ4n) is 3.00. The molecule has 1 aromatic heterocycles. The Labute approximate surface area is 138 Å². The zero-order valence-electron chi connectivity index (χ0n) is 12.0. The molecule has 2 heterocycles. The minimum Gasteiger partial charge on any atom is -0.462 e. The van der Waals surface area contributed by atoms with Crippen LogP contribution in [0.4, 0.5) is 0 Å². The van der Waals surface area contributed by atoms with Crippen molar-refractivity contribution in [3.05, 3.63) is 44.2 Å². The summed E-state index contributed by atoms with van der Waals surface area (Å²) >= 11 is 12.0. The first kappa shape index (κ1) is 15.8. The summed E-state index contributed by atoms with van der Waals surface area (Å²) in [5.74, 6) is 0.283. The third-order valence-corrected chi connectivity index (χ3v) is 4.62. The van der Waals surface area contributed by atoms with Gasteiger partial charge in [-0.05, 0) is 37.4 Å². The van der Waals surface area contributed by atoms with Crippen molar-refractivity contribution in [2.24, 2.45) is 5.92 Å². The molecule has 4 nitrogen and oxygen atoms in total. The summed E-state index contributed by atoms with van der Waals surface area (Å²) < 4.78 is 5.54. The van der Waals surface area contributed by atoms with E-state index in [1.54, 1.807) is 12.1 Å². The Morgan fingerprint density at radius 2 is 2.18 bits per heavy atom.